The van der Waals surface area contributed by atoms with E-state index in [9.17, 15) is 9.90 Å². The van der Waals surface area contributed by atoms with Crippen molar-refractivity contribution in [2.75, 3.05) is 13.1 Å². The molecule has 0 saturated heterocycles. The summed E-state index contributed by atoms with van der Waals surface area (Å²) >= 11 is 3.13. The van der Waals surface area contributed by atoms with E-state index in [1.807, 2.05) is 0 Å². The van der Waals surface area contributed by atoms with Crippen molar-refractivity contribution < 1.29 is 9.90 Å². The highest BCUT2D eigenvalue weighted by Gasteiger charge is 2.07. The quantitative estimate of drug-likeness (QED) is 0.378. The molecular formula is C10H11BrN4O2. The van der Waals surface area contributed by atoms with E-state index in [1.165, 1.54) is 6.07 Å². The largest absolute Gasteiger partial charge is 0.507 e. The molecule has 0 saturated carbocycles. The Kier molecular flexibility index (Phi) is 5.32. The second kappa shape index (κ2) is 6.78. The molecule has 2 N–H and O–H groups in total. The summed E-state index contributed by atoms with van der Waals surface area (Å²) in [5.74, 6) is -0.250. The zero-order chi connectivity index (χ0) is 12.7. The third kappa shape index (κ3) is 4.34. The van der Waals surface area contributed by atoms with Crippen LogP contribution in [0.15, 0.2) is 27.8 Å². The maximum Gasteiger partial charge on any atom is 0.251 e. The maximum absolute atomic E-state index is 11.6. The average molecular weight is 299 g/mol. The normalized spacial score (nSPS) is 9.47. The van der Waals surface area contributed by atoms with E-state index in [0.29, 0.717) is 29.5 Å². The van der Waals surface area contributed by atoms with Gasteiger partial charge in [-0.15, -0.1) is 0 Å². The molecule has 1 aromatic carbocycles. The standard InChI is InChI=1S/C10H11BrN4O2/c11-8-3-2-7(6-9(8)16)10(17)13-4-1-5-14-15-12/h2-3,6,16H,1,4-5H2,(H,13,17). The topological polar surface area (TPSA) is 98.1 Å². The molecule has 7 heteroatoms. The molecule has 0 heterocycles. The van der Waals surface area contributed by atoms with E-state index in [4.69, 9.17) is 5.53 Å². The van der Waals surface area contributed by atoms with Crippen molar-refractivity contribution in [1.82, 2.24) is 5.32 Å². The van der Waals surface area contributed by atoms with Gasteiger partial charge in [-0.05, 0) is 46.1 Å². The van der Waals surface area contributed by atoms with Crippen molar-refractivity contribution in [2.24, 2.45) is 5.11 Å². The lowest BCUT2D eigenvalue weighted by atomic mass is 10.2. The van der Waals surface area contributed by atoms with Gasteiger partial charge in [-0.2, -0.15) is 0 Å². The number of hydrogen-bond donors (Lipinski definition) is 2. The van der Waals surface area contributed by atoms with Gasteiger partial charge in [-0.25, -0.2) is 0 Å². The number of amides is 1. The van der Waals surface area contributed by atoms with Gasteiger partial charge in [0.05, 0.1) is 4.47 Å². The first-order valence-electron chi connectivity index (χ1n) is 4.92. The summed E-state index contributed by atoms with van der Waals surface area (Å²) in [4.78, 5) is 14.2. The summed E-state index contributed by atoms with van der Waals surface area (Å²) in [5, 5.41) is 15.4. The first-order valence-corrected chi connectivity index (χ1v) is 5.72. The lowest BCUT2D eigenvalue weighted by molar-refractivity contribution is 0.0953. The molecule has 0 atom stereocenters. The van der Waals surface area contributed by atoms with Crippen molar-refractivity contribution in [3.05, 3.63) is 38.7 Å². The fourth-order valence-corrected chi connectivity index (χ4v) is 1.40. The molecule has 6 nitrogen and oxygen atoms in total. The number of nitrogens with zero attached hydrogens (tertiary/aromatic N) is 3. The van der Waals surface area contributed by atoms with Crippen LogP contribution < -0.4 is 5.32 Å². The molecule has 0 bridgehead atoms. The number of carbonyl (C=O) groups excluding carboxylic acids is 1. The second-order valence-electron chi connectivity index (χ2n) is 3.23. The number of aromatic hydroxyl groups is 1. The number of phenols is 1. The molecule has 0 aliphatic rings. The van der Waals surface area contributed by atoms with Crippen LogP contribution in [-0.2, 0) is 0 Å². The van der Waals surface area contributed by atoms with E-state index in [0.717, 1.165) is 0 Å². The smallest absolute Gasteiger partial charge is 0.251 e. The summed E-state index contributed by atoms with van der Waals surface area (Å²) in [6.07, 6.45) is 0.582. The van der Waals surface area contributed by atoms with Gasteiger partial charge in [0.25, 0.3) is 5.91 Å². The number of phenolic OH excluding ortho intramolecular Hbond substituents is 1. The van der Waals surface area contributed by atoms with Crippen molar-refractivity contribution in [3.63, 3.8) is 0 Å². The minimum Gasteiger partial charge on any atom is -0.507 e. The van der Waals surface area contributed by atoms with Gasteiger partial charge >= 0.3 is 0 Å². The van der Waals surface area contributed by atoms with Crippen molar-refractivity contribution in [2.45, 2.75) is 6.42 Å². The monoisotopic (exact) mass is 298 g/mol. The lowest BCUT2D eigenvalue weighted by Gasteiger charge is -2.05. The number of azide groups is 1. The Morgan fingerprint density at radius 1 is 1.59 bits per heavy atom. The van der Waals surface area contributed by atoms with E-state index < -0.39 is 0 Å². The van der Waals surface area contributed by atoms with Gasteiger partial charge < -0.3 is 10.4 Å². The fraction of sp³-hybridized carbons (Fsp3) is 0.300. The van der Waals surface area contributed by atoms with Crippen LogP contribution in [0, 0.1) is 0 Å². The summed E-state index contributed by atoms with van der Waals surface area (Å²) in [7, 11) is 0. The Morgan fingerprint density at radius 2 is 2.35 bits per heavy atom. The lowest BCUT2D eigenvalue weighted by Crippen LogP contribution is -2.24. The van der Waals surface area contributed by atoms with Crippen molar-refractivity contribution in [1.29, 1.82) is 0 Å². The van der Waals surface area contributed by atoms with Gasteiger partial charge in [0, 0.05) is 23.6 Å². The molecular weight excluding hydrogens is 288 g/mol. The maximum atomic E-state index is 11.6. The summed E-state index contributed by atoms with van der Waals surface area (Å²) in [6.45, 7) is 0.775. The molecule has 0 aliphatic carbocycles. The van der Waals surface area contributed by atoms with Crippen LogP contribution in [0.5, 0.6) is 5.75 Å². The molecule has 90 valence electrons. The minimum absolute atomic E-state index is 0.0201. The highest BCUT2D eigenvalue weighted by molar-refractivity contribution is 9.10. The average Bonchev–Trinajstić information content (AvgIpc) is 2.32. The third-order valence-corrected chi connectivity index (χ3v) is 2.66. The summed E-state index contributed by atoms with van der Waals surface area (Å²) < 4.78 is 0.539. The second-order valence-corrected chi connectivity index (χ2v) is 4.08. The molecule has 17 heavy (non-hydrogen) atoms. The number of nitrogens with one attached hydrogen (secondary N) is 1. The Balaban J connectivity index is 2.46. The minimum atomic E-state index is -0.270. The Hall–Kier alpha value is -1.72. The molecule has 0 aliphatic heterocycles. The van der Waals surface area contributed by atoms with E-state index in [-0.39, 0.29) is 11.7 Å². The molecule has 0 radical (unpaired) electrons. The van der Waals surface area contributed by atoms with Gasteiger partial charge in [0.2, 0.25) is 0 Å². The number of halogens is 1. The number of benzene rings is 1. The fourth-order valence-electron chi connectivity index (χ4n) is 1.15. The number of carbonyl (C=O) groups is 1. The SMILES string of the molecule is [N-]=[N+]=NCCCNC(=O)c1ccc(Br)c(O)c1. The molecule has 0 fully saturated rings. The molecule has 0 aromatic heterocycles. The molecule has 1 aromatic rings. The predicted octanol–water partition coefficient (Wildman–Crippen LogP) is 2.58. The van der Waals surface area contributed by atoms with E-state index in [1.54, 1.807) is 12.1 Å². The van der Waals surface area contributed by atoms with E-state index >= 15 is 0 Å². The van der Waals surface area contributed by atoms with Crippen molar-refractivity contribution >= 4 is 21.8 Å². The molecule has 0 spiro atoms. The highest BCUT2D eigenvalue weighted by atomic mass is 79.9. The summed E-state index contributed by atoms with van der Waals surface area (Å²) in [5.41, 5.74) is 8.43. The van der Waals surface area contributed by atoms with Crippen LogP contribution >= 0.6 is 15.9 Å². The Bertz CT molecular complexity index is 458. The highest BCUT2D eigenvalue weighted by Crippen LogP contribution is 2.24. The van der Waals surface area contributed by atoms with Crippen LogP contribution in [0.25, 0.3) is 10.4 Å². The number of hydrogen-bond acceptors (Lipinski definition) is 3. The Morgan fingerprint density at radius 3 is 3.00 bits per heavy atom. The molecule has 1 amide bonds. The molecule has 0 unspecified atom stereocenters. The predicted molar refractivity (Wildman–Crippen MR) is 66.8 cm³/mol. The molecule has 1 rings (SSSR count). The van der Waals surface area contributed by atoms with Gasteiger partial charge in [0.1, 0.15) is 5.75 Å². The van der Waals surface area contributed by atoms with E-state index in [2.05, 4.69) is 31.3 Å². The van der Waals surface area contributed by atoms with Crippen LogP contribution in [0.3, 0.4) is 0 Å². The van der Waals surface area contributed by atoms with Gasteiger partial charge in [0.15, 0.2) is 0 Å². The van der Waals surface area contributed by atoms with Crippen LogP contribution in [0.4, 0.5) is 0 Å². The first-order chi connectivity index (χ1) is 8.15. The first kappa shape index (κ1) is 13.3. The van der Waals surface area contributed by atoms with Crippen LogP contribution in [0.1, 0.15) is 16.8 Å². The Labute approximate surface area is 106 Å². The zero-order valence-electron chi connectivity index (χ0n) is 8.93. The van der Waals surface area contributed by atoms with Gasteiger partial charge in [-0.1, -0.05) is 5.11 Å². The van der Waals surface area contributed by atoms with Crippen LogP contribution in [-0.4, -0.2) is 24.1 Å². The number of rotatable bonds is 5. The van der Waals surface area contributed by atoms with Crippen LogP contribution in [0.2, 0.25) is 0 Å². The summed E-state index contributed by atoms with van der Waals surface area (Å²) in [6, 6.07) is 4.59. The van der Waals surface area contributed by atoms with Gasteiger partial charge in [-0.3, -0.25) is 4.79 Å². The zero-order valence-corrected chi connectivity index (χ0v) is 10.5. The third-order valence-electron chi connectivity index (χ3n) is 1.99. The van der Waals surface area contributed by atoms with Crippen molar-refractivity contribution in [3.8, 4) is 5.75 Å².